The van der Waals surface area contributed by atoms with Crippen LogP contribution in [-0.2, 0) is 9.47 Å². The van der Waals surface area contributed by atoms with Gasteiger partial charge in [0.1, 0.15) is 24.7 Å². The summed E-state index contributed by atoms with van der Waals surface area (Å²) in [5.41, 5.74) is 2.16. The second-order valence-electron chi connectivity index (χ2n) is 17.6. The maximum atomic E-state index is 13.8. The maximum Gasteiger partial charge on any atom is 0.338 e. The zero-order valence-corrected chi connectivity index (χ0v) is 37.3. The molecule has 0 unspecified atom stereocenters. The van der Waals surface area contributed by atoms with E-state index in [1.165, 1.54) is 103 Å². The molecule has 6 rings (SSSR count). The quantitative estimate of drug-likeness (QED) is 0.0421. The number of hydrogen-bond acceptors (Lipinski definition) is 6. The molecule has 0 saturated heterocycles. The number of esters is 2. The highest BCUT2D eigenvalue weighted by Crippen LogP contribution is 2.38. The van der Waals surface area contributed by atoms with Gasteiger partial charge in [-0.1, -0.05) is 150 Å². The lowest BCUT2D eigenvalue weighted by Crippen LogP contribution is -2.23. The average molecular weight is 839 g/mol. The van der Waals surface area contributed by atoms with Crippen LogP contribution in [0.2, 0.25) is 0 Å². The zero-order valence-electron chi connectivity index (χ0n) is 37.3. The molecule has 0 N–H and O–H groups in total. The molecule has 0 radical (unpaired) electrons. The number of carbonyl (C=O) groups excluding carboxylic acids is 2. The van der Waals surface area contributed by atoms with Crippen LogP contribution in [0.25, 0.3) is 0 Å². The Morgan fingerprint density at radius 3 is 1.23 bits per heavy atom. The first-order valence-corrected chi connectivity index (χ1v) is 23.8. The van der Waals surface area contributed by atoms with Gasteiger partial charge in [0.05, 0.1) is 11.1 Å². The Hall–Kier alpha value is -5.10. The Balaban J connectivity index is 1.03. The molecule has 0 aromatic heterocycles. The topological polar surface area (TPSA) is 71.1 Å². The molecule has 0 heterocycles. The Labute approximate surface area is 372 Å². The van der Waals surface area contributed by atoms with Crippen LogP contribution in [0.4, 0.5) is 0 Å². The summed E-state index contributed by atoms with van der Waals surface area (Å²) in [6.45, 7) is 5.50. The molecular weight excluding hydrogens is 769 g/mol. The summed E-state index contributed by atoms with van der Waals surface area (Å²) in [5, 5.41) is 0. The summed E-state index contributed by atoms with van der Waals surface area (Å²) in [7, 11) is 0. The van der Waals surface area contributed by atoms with E-state index in [4.69, 9.17) is 18.9 Å². The lowest BCUT2D eigenvalue weighted by Gasteiger charge is -2.28. The molecule has 4 aromatic rings. The first-order valence-electron chi connectivity index (χ1n) is 23.8. The van der Waals surface area contributed by atoms with E-state index in [9.17, 15) is 9.59 Å². The molecule has 330 valence electrons. The predicted octanol–water partition coefficient (Wildman–Crippen LogP) is 14.8. The number of allylic oxidation sites excluding steroid dienone is 2. The minimum absolute atomic E-state index is 0.373. The number of benzene rings is 4. The fourth-order valence-electron chi connectivity index (χ4n) is 9.13. The van der Waals surface area contributed by atoms with E-state index in [2.05, 4.69) is 38.2 Å². The number of carbonyl (C=O) groups is 2. The number of hydrogen-bond donors (Lipinski definition) is 0. The van der Waals surface area contributed by atoms with Crippen molar-refractivity contribution in [3.8, 4) is 11.5 Å². The van der Waals surface area contributed by atoms with Crippen molar-refractivity contribution in [1.29, 1.82) is 0 Å². The van der Waals surface area contributed by atoms with E-state index in [-0.39, 0.29) is 0 Å². The largest absolute Gasteiger partial charge is 0.490 e. The van der Waals surface area contributed by atoms with Gasteiger partial charge in [-0.05, 0) is 135 Å². The molecule has 2 fully saturated rings. The second kappa shape index (κ2) is 25.7. The Kier molecular flexibility index (Phi) is 19.3. The van der Waals surface area contributed by atoms with Gasteiger partial charge in [0, 0.05) is 0 Å². The van der Waals surface area contributed by atoms with E-state index < -0.39 is 24.1 Å². The molecule has 62 heavy (non-hydrogen) atoms. The van der Waals surface area contributed by atoms with Crippen molar-refractivity contribution in [3.05, 3.63) is 156 Å². The monoisotopic (exact) mass is 839 g/mol. The lowest BCUT2D eigenvalue weighted by molar-refractivity contribution is -0.0388. The molecule has 0 aliphatic heterocycles. The van der Waals surface area contributed by atoms with Crippen molar-refractivity contribution < 1.29 is 28.5 Å². The van der Waals surface area contributed by atoms with Crippen LogP contribution in [0.5, 0.6) is 11.5 Å². The smallest absolute Gasteiger partial charge is 0.338 e. The normalized spacial score (nSPS) is 20.1. The van der Waals surface area contributed by atoms with Crippen molar-refractivity contribution in [2.45, 2.75) is 129 Å². The standard InChI is InChI=1S/C56H70O6/c1-3-5-9-17-43-25-29-45(30-26-43)19-15-41-59-51-37-33-49(34-38-51)55(57)61-53(47-21-11-7-12-22-47)54(48-23-13-8-14-24-48)62-56(58)50-35-39-52(40-36-50)60-42-16-20-46-31-27-44(28-32-46)18-10-6-4-2/h7-8,11-16,19-24,33-40,43-46,53-54H,3-6,9-10,17-18,25-32,41-42H2,1-2H3/b19-15+,20-16+/t43-,44-,45-,46-,53-,54-/m1/s1. The summed E-state index contributed by atoms with van der Waals surface area (Å²) < 4.78 is 24.6. The van der Waals surface area contributed by atoms with Gasteiger partial charge in [0.2, 0.25) is 0 Å². The van der Waals surface area contributed by atoms with Crippen molar-refractivity contribution in [1.82, 2.24) is 0 Å². The van der Waals surface area contributed by atoms with E-state index in [1.54, 1.807) is 48.5 Å². The number of rotatable bonds is 23. The SMILES string of the molecule is CCCCC[C@H]1CC[C@H](/C=C/COc2ccc(C(=O)O[C@H](c3ccccc3)[C@H](OC(=O)c3ccc(OC/C=C/[C@H]4CC[C@H](CCCCC)CC4)cc3)c3ccccc3)cc2)CC1. The van der Waals surface area contributed by atoms with Gasteiger partial charge in [-0.3, -0.25) is 0 Å². The van der Waals surface area contributed by atoms with Crippen molar-refractivity contribution in [2.24, 2.45) is 23.7 Å². The highest BCUT2D eigenvalue weighted by atomic mass is 16.6. The lowest BCUT2D eigenvalue weighted by atomic mass is 9.79. The van der Waals surface area contributed by atoms with Gasteiger partial charge in [0.15, 0.2) is 12.2 Å². The minimum Gasteiger partial charge on any atom is -0.490 e. The van der Waals surface area contributed by atoms with E-state index >= 15 is 0 Å². The Morgan fingerprint density at radius 2 is 0.871 bits per heavy atom. The Morgan fingerprint density at radius 1 is 0.500 bits per heavy atom. The van der Waals surface area contributed by atoms with E-state index in [0.29, 0.717) is 58.8 Å². The van der Waals surface area contributed by atoms with Crippen LogP contribution in [0.1, 0.15) is 161 Å². The first-order chi connectivity index (χ1) is 30.5. The maximum absolute atomic E-state index is 13.8. The van der Waals surface area contributed by atoms with E-state index in [0.717, 1.165) is 11.8 Å². The minimum atomic E-state index is -0.923. The van der Waals surface area contributed by atoms with Gasteiger partial charge < -0.3 is 18.9 Å². The molecule has 2 saturated carbocycles. The summed E-state index contributed by atoms with van der Waals surface area (Å²) in [6.07, 6.45) is 28.2. The molecule has 6 nitrogen and oxygen atoms in total. The number of unbranched alkanes of at least 4 members (excludes halogenated alkanes) is 4. The fourth-order valence-corrected chi connectivity index (χ4v) is 9.13. The molecule has 2 atom stereocenters. The zero-order chi connectivity index (χ0) is 43.2. The summed E-state index contributed by atoms with van der Waals surface area (Å²) in [6, 6.07) is 32.9. The molecule has 0 bridgehead atoms. The average Bonchev–Trinajstić information content (AvgIpc) is 3.32. The molecule has 6 heteroatoms. The highest BCUT2D eigenvalue weighted by Gasteiger charge is 2.33. The van der Waals surface area contributed by atoms with Crippen LogP contribution in [0.3, 0.4) is 0 Å². The molecule has 0 amide bonds. The van der Waals surface area contributed by atoms with Crippen molar-refractivity contribution in [3.63, 3.8) is 0 Å². The third-order valence-electron chi connectivity index (χ3n) is 12.9. The molecular formula is C56H70O6. The predicted molar refractivity (Wildman–Crippen MR) is 251 cm³/mol. The second-order valence-corrected chi connectivity index (χ2v) is 17.6. The highest BCUT2D eigenvalue weighted by molar-refractivity contribution is 5.90. The van der Waals surface area contributed by atoms with Crippen molar-refractivity contribution in [2.75, 3.05) is 13.2 Å². The van der Waals surface area contributed by atoms with Crippen molar-refractivity contribution >= 4 is 11.9 Å². The van der Waals surface area contributed by atoms with Gasteiger partial charge in [-0.15, -0.1) is 0 Å². The van der Waals surface area contributed by atoms with Crippen LogP contribution in [0, 0.1) is 23.7 Å². The summed E-state index contributed by atoms with van der Waals surface area (Å²) >= 11 is 0. The van der Waals surface area contributed by atoms with E-state index in [1.807, 2.05) is 60.7 Å². The Bertz CT molecular complexity index is 1780. The molecule has 2 aliphatic carbocycles. The number of ether oxygens (including phenoxy) is 4. The third kappa shape index (κ3) is 15.1. The van der Waals surface area contributed by atoms with Gasteiger partial charge >= 0.3 is 11.9 Å². The van der Waals surface area contributed by atoms with Crippen LogP contribution in [0.15, 0.2) is 133 Å². The molecule has 0 spiro atoms. The fraction of sp³-hybridized carbons (Fsp3) is 0.464. The molecule has 2 aliphatic rings. The van der Waals surface area contributed by atoms with Crippen LogP contribution in [-0.4, -0.2) is 25.2 Å². The first kappa shape index (κ1) is 46.4. The van der Waals surface area contributed by atoms with Crippen LogP contribution < -0.4 is 9.47 Å². The summed E-state index contributed by atoms with van der Waals surface area (Å²) in [5.74, 6) is 3.36. The van der Waals surface area contributed by atoms with Gasteiger partial charge in [0.25, 0.3) is 0 Å². The summed E-state index contributed by atoms with van der Waals surface area (Å²) in [4.78, 5) is 27.6. The molecule has 4 aromatic carbocycles. The van der Waals surface area contributed by atoms with Crippen LogP contribution >= 0.6 is 0 Å². The van der Waals surface area contributed by atoms with Gasteiger partial charge in [-0.25, -0.2) is 9.59 Å². The van der Waals surface area contributed by atoms with Gasteiger partial charge in [-0.2, -0.15) is 0 Å². The third-order valence-corrected chi connectivity index (χ3v) is 12.9.